The molecule has 0 spiro atoms. The Morgan fingerprint density at radius 1 is 1.19 bits per heavy atom. The largest absolute Gasteiger partial charge is 0.442 e. The van der Waals surface area contributed by atoms with Crippen molar-refractivity contribution in [2.24, 2.45) is 5.10 Å². The summed E-state index contributed by atoms with van der Waals surface area (Å²) >= 11 is 0. The molecule has 0 radical (unpaired) electrons. The van der Waals surface area contributed by atoms with Crippen molar-refractivity contribution in [1.29, 1.82) is 0 Å². The molecule has 1 atom stereocenters. The van der Waals surface area contributed by atoms with Crippen molar-refractivity contribution < 1.29 is 18.8 Å². The number of ether oxygens (including phenoxy) is 1. The highest BCUT2D eigenvalue weighted by Crippen LogP contribution is 2.25. The van der Waals surface area contributed by atoms with Crippen LogP contribution in [-0.4, -0.2) is 61.3 Å². The van der Waals surface area contributed by atoms with E-state index in [1.807, 2.05) is 29.2 Å². The third kappa shape index (κ3) is 3.68. The number of anilines is 3. The maximum Gasteiger partial charge on any atom is 0.414 e. The van der Waals surface area contributed by atoms with E-state index in [2.05, 4.69) is 15.6 Å². The topological polar surface area (TPSA) is 104 Å². The van der Waals surface area contributed by atoms with Gasteiger partial charge in [0.1, 0.15) is 18.7 Å². The number of hydrogen-bond acceptors (Lipinski definition) is 8. The van der Waals surface area contributed by atoms with Gasteiger partial charge >= 0.3 is 6.09 Å². The number of hydrogen-bond donors (Lipinski definition) is 1. The van der Waals surface area contributed by atoms with Crippen molar-refractivity contribution in [3.8, 4) is 0 Å². The van der Waals surface area contributed by atoms with Gasteiger partial charge in [0.05, 0.1) is 19.6 Å². The van der Waals surface area contributed by atoms with Crippen molar-refractivity contribution in [2.75, 3.05) is 41.3 Å². The molecule has 2 aromatic rings. The molecule has 2 amide bonds. The first-order chi connectivity index (χ1) is 13.2. The second kappa shape index (κ2) is 7.36. The standard InChI is InChI=1S/C17H18N6O4/c24-12-22-7-6-21(11-19-22)13-1-3-14(4-2-13)23-10-15(27-17(23)25)9-18-16-5-8-26-20-16/h1-5,8,11-12,15H,6-7,9-10H2,(H,18,20). The van der Waals surface area contributed by atoms with Gasteiger partial charge in [-0.15, -0.1) is 0 Å². The first-order valence-corrected chi connectivity index (χ1v) is 8.48. The van der Waals surface area contributed by atoms with Gasteiger partial charge in [-0.05, 0) is 24.3 Å². The van der Waals surface area contributed by atoms with Crippen LogP contribution in [0.3, 0.4) is 0 Å². The van der Waals surface area contributed by atoms with Crippen LogP contribution < -0.4 is 15.1 Å². The van der Waals surface area contributed by atoms with Crippen LogP contribution in [0.2, 0.25) is 0 Å². The summed E-state index contributed by atoms with van der Waals surface area (Å²) in [5.41, 5.74) is 1.70. The Hall–Kier alpha value is -3.56. The maximum atomic E-state index is 12.2. The van der Waals surface area contributed by atoms with Gasteiger partial charge in [-0.2, -0.15) is 5.10 Å². The predicted molar refractivity (Wildman–Crippen MR) is 97.7 cm³/mol. The monoisotopic (exact) mass is 370 g/mol. The molecule has 2 aliphatic rings. The van der Waals surface area contributed by atoms with E-state index in [1.54, 1.807) is 17.3 Å². The third-order valence-corrected chi connectivity index (χ3v) is 4.35. The fourth-order valence-corrected chi connectivity index (χ4v) is 2.91. The number of rotatable bonds is 6. The SMILES string of the molecule is O=CN1CCN(c2ccc(N3CC(CNc4ccon4)OC3=O)cc2)C=N1. The van der Waals surface area contributed by atoms with E-state index in [9.17, 15) is 9.59 Å². The van der Waals surface area contributed by atoms with Gasteiger partial charge in [-0.3, -0.25) is 9.69 Å². The fraction of sp³-hybridized carbons (Fsp3) is 0.294. The van der Waals surface area contributed by atoms with Gasteiger partial charge in [0, 0.05) is 24.0 Å². The van der Waals surface area contributed by atoms with Crippen molar-refractivity contribution in [3.63, 3.8) is 0 Å². The zero-order chi connectivity index (χ0) is 18.6. The van der Waals surface area contributed by atoms with Crippen LogP contribution in [0.25, 0.3) is 0 Å². The smallest absolute Gasteiger partial charge is 0.414 e. The molecule has 0 aliphatic carbocycles. The van der Waals surface area contributed by atoms with Crippen LogP contribution >= 0.6 is 0 Å². The van der Waals surface area contributed by atoms with Crippen molar-refractivity contribution in [1.82, 2.24) is 10.2 Å². The number of amides is 2. The van der Waals surface area contributed by atoms with E-state index < -0.39 is 0 Å². The Labute approximate surface area is 154 Å². The lowest BCUT2D eigenvalue weighted by Gasteiger charge is -2.26. The number of aromatic nitrogens is 1. The summed E-state index contributed by atoms with van der Waals surface area (Å²) in [6.07, 6.45) is 3.13. The van der Waals surface area contributed by atoms with Crippen LogP contribution in [0.4, 0.5) is 22.0 Å². The minimum Gasteiger partial charge on any atom is -0.442 e. The molecule has 0 bridgehead atoms. The molecule has 1 fully saturated rings. The number of hydrazone groups is 1. The number of nitrogens with one attached hydrogen (secondary N) is 1. The minimum atomic E-state index is -0.379. The first kappa shape index (κ1) is 16.9. The second-order valence-electron chi connectivity index (χ2n) is 6.09. The van der Waals surface area contributed by atoms with Crippen LogP contribution in [0.15, 0.2) is 46.2 Å². The normalized spacial score (nSPS) is 19.3. The lowest BCUT2D eigenvalue weighted by molar-refractivity contribution is -0.118. The molecule has 0 saturated carbocycles. The van der Waals surface area contributed by atoms with Gasteiger partial charge in [-0.1, -0.05) is 5.16 Å². The van der Waals surface area contributed by atoms with Crippen molar-refractivity contribution >= 4 is 36.0 Å². The van der Waals surface area contributed by atoms with Crippen molar-refractivity contribution in [3.05, 3.63) is 36.6 Å². The second-order valence-corrected chi connectivity index (χ2v) is 6.09. The zero-order valence-corrected chi connectivity index (χ0v) is 14.4. The van der Waals surface area contributed by atoms with E-state index in [0.717, 1.165) is 11.4 Å². The lowest BCUT2D eigenvalue weighted by atomic mass is 10.2. The maximum absolute atomic E-state index is 12.2. The van der Waals surface area contributed by atoms with Gasteiger partial charge < -0.3 is 19.5 Å². The molecule has 27 heavy (non-hydrogen) atoms. The van der Waals surface area contributed by atoms with E-state index >= 15 is 0 Å². The molecule has 4 rings (SSSR count). The summed E-state index contributed by atoms with van der Waals surface area (Å²) < 4.78 is 10.1. The predicted octanol–water partition coefficient (Wildman–Crippen LogP) is 1.33. The minimum absolute atomic E-state index is 0.280. The zero-order valence-electron chi connectivity index (χ0n) is 14.4. The molecule has 1 aromatic carbocycles. The van der Waals surface area contributed by atoms with Gasteiger partial charge in [-0.25, -0.2) is 9.80 Å². The molecule has 1 saturated heterocycles. The molecule has 1 unspecified atom stereocenters. The van der Waals surface area contributed by atoms with Crippen LogP contribution in [0.1, 0.15) is 0 Å². The molecule has 10 nitrogen and oxygen atoms in total. The van der Waals surface area contributed by atoms with Crippen LogP contribution in [0.5, 0.6) is 0 Å². The first-order valence-electron chi connectivity index (χ1n) is 8.48. The molecular formula is C17H18N6O4. The Bertz CT molecular complexity index is 822. The van der Waals surface area contributed by atoms with E-state index in [1.165, 1.54) is 11.3 Å². The van der Waals surface area contributed by atoms with E-state index in [0.29, 0.717) is 38.4 Å². The number of benzene rings is 1. The third-order valence-electron chi connectivity index (χ3n) is 4.35. The Balaban J connectivity index is 1.37. The molecule has 10 heteroatoms. The quantitative estimate of drug-likeness (QED) is 0.765. The Morgan fingerprint density at radius 3 is 2.67 bits per heavy atom. The highest BCUT2D eigenvalue weighted by atomic mass is 16.6. The average molecular weight is 370 g/mol. The summed E-state index contributed by atoms with van der Waals surface area (Å²) in [5.74, 6) is 0.602. The Morgan fingerprint density at radius 2 is 2.00 bits per heavy atom. The molecular weight excluding hydrogens is 352 g/mol. The van der Waals surface area contributed by atoms with Gasteiger partial charge in [0.25, 0.3) is 0 Å². The van der Waals surface area contributed by atoms with Gasteiger partial charge in [0.2, 0.25) is 6.41 Å². The van der Waals surface area contributed by atoms with Crippen LogP contribution in [0, 0.1) is 0 Å². The molecule has 3 heterocycles. The van der Waals surface area contributed by atoms with E-state index in [4.69, 9.17) is 9.26 Å². The fourth-order valence-electron chi connectivity index (χ4n) is 2.91. The summed E-state index contributed by atoms with van der Waals surface area (Å²) in [4.78, 5) is 26.4. The molecule has 1 N–H and O–H groups in total. The lowest BCUT2D eigenvalue weighted by Crippen LogP contribution is -2.37. The molecule has 140 valence electrons. The van der Waals surface area contributed by atoms with Crippen molar-refractivity contribution in [2.45, 2.75) is 6.10 Å². The highest BCUT2D eigenvalue weighted by Gasteiger charge is 2.32. The highest BCUT2D eigenvalue weighted by molar-refractivity contribution is 5.90. The van der Waals surface area contributed by atoms with Gasteiger partial charge in [0.15, 0.2) is 5.82 Å². The molecule has 2 aliphatic heterocycles. The number of carbonyl (C=O) groups excluding carboxylic acids is 2. The van der Waals surface area contributed by atoms with Crippen LogP contribution in [-0.2, 0) is 9.53 Å². The summed E-state index contributed by atoms with van der Waals surface area (Å²) in [6, 6.07) is 9.25. The number of nitrogens with zero attached hydrogens (tertiary/aromatic N) is 5. The number of carbonyl (C=O) groups is 2. The Kier molecular flexibility index (Phi) is 4.60. The van der Waals surface area contributed by atoms with E-state index in [-0.39, 0.29) is 12.2 Å². The summed E-state index contributed by atoms with van der Waals surface area (Å²) in [6.45, 7) is 2.08. The summed E-state index contributed by atoms with van der Waals surface area (Å²) in [7, 11) is 0. The average Bonchev–Trinajstić information content (AvgIpc) is 3.36. The molecule has 1 aromatic heterocycles. The number of cyclic esters (lactones) is 1. The summed E-state index contributed by atoms with van der Waals surface area (Å²) in [5, 5.41) is 12.2.